The summed E-state index contributed by atoms with van der Waals surface area (Å²) in [7, 11) is 0. The molecule has 2 atom stereocenters. The molecule has 2 N–H and O–H groups in total. The molecule has 2 unspecified atom stereocenters. The highest BCUT2D eigenvalue weighted by molar-refractivity contribution is 5.79. The van der Waals surface area contributed by atoms with Crippen molar-refractivity contribution in [2.45, 2.75) is 38.8 Å². The van der Waals surface area contributed by atoms with Crippen molar-refractivity contribution < 1.29 is 0 Å². The van der Waals surface area contributed by atoms with Gasteiger partial charge in [-0.3, -0.25) is 0 Å². The number of fused-ring (bicyclic) bond motifs is 1. The average Bonchev–Trinajstić information content (AvgIpc) is 2.93. The predicted octanol–water partition coefficient (Wildman–Crippen LogP) is 2.84. The second-order valence-corrected chi connectivity index (χ2v) is 5.21. The molecule has 1 fully saturated rings. The molecule has 3 heteroatoms. The summed E-state index contributed by atoms with van der Waals surface area (Å²) >= 11 is 0. The Balaban J connectivity index is 1.69. The second-order valence-electron chi connectivity index (χ2n) is 5.21. The van der Waals surface area contributed by atoms with Gasteiger partial charge in [-0.05, 0) is 42.9 Å². The summed E-state index contributed by atoms with van der Waals surface area (Å²) in [5.41, 5.74) is 2.32. The largest absolute Gasteiger partial charge is 0.346 e. The molecule has 2 heterocycles. The van der Waals surface area contributed by atoms with Crippen LogP contribution in [0, 0.1) is 5.92 Å². The lowest BCUT2D eigenvalue weighted by molar-refractivity contribution is 0.503. The van der Waals surface area contributed by atoms with Crippen LogP contribution in [0.2, 0.25) is 0 Å². The first-order valence-corrected chi connectivity index (χ1v) is 6.47. The molecule has 0 amide bonds. The van der Waals surface area contributed by atoms with E-state index in [4.69, 9.17) is 0 Å². The van der Waals surface area contributed by atoms with Crippen LogP contribution >= 0.6 is 0 Å². The van der Waals surface area contributed by atoms with Crippen LogP contribution in [0.25, 0.3) is 11.0 Å². The van der Waals surface area contributed by atoms with Crippen molar-refractivity contribution in [2.75, 3.05) is 0 Å². The number of aromatic amines is 1. The number of hydrogen-bond donors (Lipinski definition) is 2. The number of rotatable bonds is 3. The maximum absolute atomic E-state index is 4.31. The van der Waals surface area contributed by atoms with Gasteiger partial charge in [0.1, 0.15) is 5.65 Å². The number of pyridine rings is 1. The first-order valence-electron chi connectivity index (χ1n) is 6.47. The maximum Gasteiger partial charge on any atom is 0.137 e. The van der Waals surface area contributed by atoms with Crippen LogP contribution in [0.1, 0.15) is 31.7 Å². The predicted molar refractivity (Wildman–Crippen MR) is 69.7 cm³/mol. The third-order valence-corrected chi connectivity index (χ3v) is 3.81. The summed E-state index contributed by atoms with van der Waals surface area (Å²) in [6.07, 6.45) is 7.91. The van der Waals surface area contributed by atoms with Gasteiger partial charge in [0.15, 0.2) is 0 Å². The number of nitrogens with one attached hydrogen (secondary N) is 2. The van der Waals surface area contributed by atoms with E-state index in [0.29, 0.717) is 6.04 Å². The molecule has 90 valence electrons. The van der Waals surface area contributed by atoms with Gasteiger partial charge in [0.2, 0.25) is 0 Å². The maximum atomic E-state index is 4.31. The summed E-state index contributed by atoms with van der Waals surface area (Å²) in [6, 6.07) is 4.83. The van der Waals surface area contributed by atoms with E-state index in [0.717, 1.165) is 18.1 Å². The number of aromatic nitrogens is 2. The van der Waals surface area contributed by atoms with Crippen molar-refractivity contribution in [1.29, 1.82) is 0 Å². The summed E-state index contributed by atoms with van der Waals surface area (Å²) in [6.45, 7) is 3.29. The minimum atomic E-state index is 0.701. The van der Waals surface area contributed by atoms with E-state index < -0.39 is 0 Å². The van der Waals surface area contributed by atoms with E-state index in [2.05, 4.69) is 34.5 Å². The zero-order valence-corrected chi connectivity index (χ0v) is 10.2. The first kappa shape index (κ1) is 10.8. The summed E-state index contributed by atoms with van der Waals surface area (Å²) in [4.78, 5) is 7.53. The first-order chi connectivity index (χ1) is 8.33. The Labute approximate surface area is 102 Å². The van der Waals surface area contributed by atoms with E-state index in [9.17, 15) is 0 Å². The Morgan fingerprint density at radius 1 is 1.47 bits per heavy atom. The fourth-order valence-corrected chi connectivity index (χ4v) is 2.81. The average molecular weight is 229 g/mol. The van der Waals surface area contributed by atoms with Crippen LogP contribution in [0.4, 0.5) is 0 Å². The van der Waals surface area contributed by atoms with Crippen molar-refractivity contribution in [1.82, 2.24) is 15.3 Å². The van der Waals surface area contributed by atoms with Crippen LogP contribution in [0.15, 0.2) is 24.5 Å². The molecule has 3 nitrogen and oxygen atoms in total. The third kappa shape index (κ3) is 2.20. The fraction of sp³-hybridized carbons (Fsp3) is 0.500. The molecule has 0 aromatic carbocycles. The Hall–Kier alpha value is -1.35. The normalized spacial score (nSPS) is 24.5. The Kier molecular flexibility index (Phi) is 2.85. The van der Waals surface area contributed by atoms with Gasteiger partial charge in [-0.2, -0.15) is 0 Å². The van der Waals surface area contributed by atoms with E-state index in [1.807, 2.05) is 12.3 Å². The van der Waals surface area contributed by atoms with Crippen LogP contribution in [0.5, 0.6) is 0 Å². The molecule has 1 saturated carbocycles. The molecule has 3 rings (SSSR count). The molecule has 1 aliphatic rings. The summed E-state index contributed by atoms with van der Waals surface area (Å²) in [5, 5.41) is 4.90. The van der Waals surface area contributed by atoms with Crippen molar-refractivity contribution in [3.8, 4) is 0 Å². The van der Waals surface area contributed by atoms with Gasteiger partial charge in [0, 0.05) is 30.4 Å². The van der Waals surface area contributed by atoms with Crippen molar-refractivity contribution in [3.05, 3.63) is 30.1 Å². The lowest BCUT2D eigenvalue weighted by atomic mass is 10.1. The lowest BCUT2D eigenvalue weighted by Gasteiger charge is -2.11. The standard InChI is InChI=1S/C14H19N3/c1-10-4-5-12(7-10)16-8-11-9-17-14-13(11)3-2-6-15-14/h2-3,6,9-10,12,16H,4-5,7-8H2,1H3,(H,15,17). The molecule has 0 spiro atoms. The minimum Gasteiger partial charge on any atom is -0.346 e. The molecule has 17 heavy (non-hydrogen) atoms. The molecular weight excluding hydrogens is 210 g/mol. The summed E-state index contributed by atoms with van der Waals surface area (Å²) < 4.78 is 0. The molecule has 0 radical (unpaired) electrons. The topological polar surface area (TPSA) is 40.7 Å². The van der Waals surface area contributed by atoms with Crippen LogP contribution in [-0.2, 0) is 6.54 Å². The molecule has 2 aromatic rings. The summed E-state index contributed by atoms with van der Waals surface area (Å²) in [5.74, 6) is 0.886. The van der Waals surface area contributed by atoms with Gasteiger partial charge in [0.25, 0.3) is 0 Å². The van der Waals surface area contributed by atoms with E-state index in [-0.39, 0.29) is 0 Å². The third-order valence-electron chi connectivity index (χ3n) is 3.81. The highest BCUT2D eigenvalue weighted by atomic mass is 14.9. The lowest BCUT2D eigenvalue weighted by Crippen LogP contribution is -2.25. The van der Waals surface area contributed by atoms with E-state index in [1.54, 1.807) is 0 Å². The molecule has 2 aromatic heterocycles. The smallest absolute Gasteiger partial charge is 0.137 e. The second kappa shape index (κ2) is 4.49. The highest BCUT2D eigenvalue weighted by Gasteiger charge is 2.20. The van der Waals surface area contributed by atoms with E-state index >= 15 is 0 Å². The van der Waals surface area contributed by atoms with Gasteiger partial charge >= 0.3 is 0 Å². The monoisotopic (exact) mass is 229 g/mol. The quantitative estimate of drug-likeness (QED) is 0.849. The van der Waals surface area contributed by atoms with Crippen molar-refractivity contribution in [2.24, 2.45) is 5.92 Å². The zero-order chi connectivity index (χ0) is 11.7. The number of hydrogen-bond acceptors (Lipinski definition) is 2. The van der Waals surface area contributed by atoms with Crippen LogP contribution in [-0.4, -0.2) is 16.0 Å². The molecule has 0 saturated heterocycles. The minimum absolute atomic E-state index is 0.701. The Bertz CT molecular complexity index is 503. The zero-order valence-electron chi connectivity index (χ0n) is 10.2. The number of nitrogens with zero attached hydrogens (tertiary/aromatic N) is 1. The van der Waals surface area contributed by atoms with Crippen LogP contribution in [0.3, 0.4) is 0 Å². The van der Waals surface area contributed by atoms with E-state index in [1.165, 1.54) is 30.2 Å². The Morgan fingerprint density at radius 3 is 3.24 bits per heavy atom. The number of H-pyrrole nitrogens is 1. The van der Waals surface area contributed by atoms with Gasteiger partial charge in [-0.15, -0.1) is 0 Å². The Morgan fingerprint density at radius 2 is 2.41 bits per heavy atom. The van der Waals surface area contributed by atoms with Gasteiger partial charge in [-0.1, -0.05) is 6.92 Å². The van der Waals surface area contributed by atoms with Crippen molar-refractivity contribution >= 4 is 11.0 Å². The molecule has 0 bridgehead atoms. The van der Waals surface area contributed by atoms with Crippen LogP contribution < -0.4 is 5.32 Å². The van der Waals surface area contributed by atoms with Gasteiger partial charge in [0.05, 0.1) is 0 Å². The van der Waals surface area contributed by atoms with Gasteiger partial charge < -0.3 is 10.3 Å². The highest BCUT2D eigenvalue weighted by Crippen LogP contribution is 2.25. The van der Waals surface area contributed by atoms with Gasteiger partial charge in [-0.25, -0.2) is 4.98 Å². The molecule has 1 aliphatic carbocycles. The van der Waals surface area contributed by atoms with Crippen molar-refractivity contribution in [3.63, 3.8) is 0 Å². The molecular formula is C14H19N3. The molecule has 0 aliphatic heterocycles. The SMILES string of the molecule is CC1CCC(NCc2c[nH]c3ncccc23)C1. The fourth-order valence-electron chi connectivity index (χ4n) is 2.81.